The van der Waals surface area contributed by atoms with Crippen LogP contribution in [0.25, 0.3) is 0 Å². The van der Waals surface area contributed by atoms with Crippen LogP contribution in [0.2, 0.25) is 0 Å². The highest BCUT2D eigenvalue weighted by Crippen LogP contribution is 2.18. The maximum Gasteiger partial charge on any atom is 0.128 e. The molecule has 1 unspecified atom stereocenters. The third kappa shape index (κ3) is 6.47. The number of hydrogen-bond acceptors (Lipinski definition) is 3. The predicted octanol–water partition coefficient (Wildman–Crippen LogP) is 4.26. The molecule has 3 heteroatoms. The second-order valence-electron chi connectivity index (χ2n) is 6.82. The number of hydrogen-bond donors (Lipinski definition) is 1. The van der Waals surface area contributed by atoms with Gasteiger partial charge in [0.05, 0.1) is 0 Å². The van der Waals surface area contributed by atoms with Gasteiger partial charge in [0.15, 0.2) is 0 Å². The number of anilines is 1. The van der Waals surface area contributed by atoms with Gasteiger partial charge in [0.2, 0.25) is 0 Å². The van der Waals surface area contributed by atoms with Crippen LogP contribution in [0.1, 0.15) is 59.6 Å². The first-order chi connectivity index (χ1) is 9.93. The molecule has 1 rings (SSSR count). The Morgan fingerprint density at radius 1 is 1.05 bits per heavy atom. The molecule has 0 aliphatic carbocycles. The highest BCUT2D eigenvalue weighted by Gasteiger charge is 2.12. The van der Waals surface area contributed by atoms with Crippen molar-refractivity contribution < 1.29 is 0 Å². The lowest BCUT2D eigenvalue weighted by molar-refractivity contribution is 0.547. The molecule has 1 atom stereocenters. The largest absolute Gasteiger partial charge is 0.356 e. The van der Waals surface area contributed by atoms with E-state index in [1.54, 1.807) is 0 Å². The molecule has 1 aromatic rings. The summed E-state index contributed by atoms with van der Waals surface area (Å²) in [6.45, 7) is 16.6. The second-order valence-corrected chi connectivity index (χ2v) is 6.82. The highest BCUT2D eigenvalue weighted by atomic mass is 15.2. The van der Waals surface area contributed by atoms with Gasteiger partial charge < -0.3 is 10.2 Å². The fourth-order valence-electron chi connectivity index (χ4n) is 2.46. The van der Waals surface area contributed by atoms with Gasteiger partial charge in [0, 0.05) is 25.3 Å². The Morgan fingerprint density at radius 3 is 2.10 bits per heavy atom. The van der Waals surface area contributed by atoms with Crippen molar-refractivity contribution in [1.82, 2.24) is 10.3 Å². The average molecular weight is 291 g/mol. The number of nitrogens with zero attached hydrogens (tertiary/aromatic N) is 2. The molecule has 0 aromatic carbocycles. The summed E-state index contributed by atoms with van der Waals surface area (Å²) in [5.41, 5.74) is 1.27. The van der Waals surface area contributed by atoms with Crippen LogP contribution in [0.3, 0.4) is 0 Å². The van der Waals surface area contributed by atoms with Crippen LogP contribution < -0.4 is 10.2 Å². The molecular weight excluding hydrogens is 258 g/mol. The first kappa shape index (κ1) is 18.0. The standard InChI is InChI=1S/C18H33N3/c1-7-10-19-16(6)17-8-9-18(20-11-17)21(12-14(2)3)13-15(4)5/h8-9,11,14-16,19H,7,10,12-13H2,1-6H3. The summed E-state index contributed by atoms with van der Waals surface area (Å²) in [6.07, 6.45) is 3.18. The van der Waals surface area contributed by atoms with Gasteiger partial charge in [-0.05, 0) is 43.4 Å². The minimum absolute atomic E-state index is 0.371. The van der Waals surface area contributed by atoms with Gasteiger partial charge in [0.1, 0.15) is 5.82 Å². The molecule has 1 heterocycles. The Morgan fingerprint density at radius 2 is 1.67 bits per heavy atom. The van der Waals surface area contributed by atoms with Crippen LogP contribution >= 0.6 is 0 Å². The zero-order chi connectivity index (χ0) is 15.8. The zero-order valence-corrected chi connectivity index (χ0v) is 14.7. The number of aromatic nitrogens is 1. The molecule has 0 saturated heterocycles. The summed E-state index contributed by atoms with van der Waals surface area (Å²) in [7, 11) is 0. The van der Waals surface area contributed by atoms with E-state index < -0.39 is 0 Å². The van der Waals surface area contributed by atoms with Crippen molar-refractivity contribution in [2.24, 2.45) is 11.8 Å². The lowest BCUT2D eigenvalue weighted by atomic mass is 10.1. The zero-order valence-electron chi connectivity index (χ0n) is 14.7. The Labute approximate surface area is 131 Å². The normalized spacial score (nSPS) is 13.0. The van der Waals surface area contributed by atoms with Gasteiger partial charge in [-0.3, -0.25) is 0 Å². The summed E-state index contributed by atoms with van der Waals surface area (Å²) in [5, 5.41) is 3.51. The molecule has 0 aliphatic rings. The average Bonchev–Trinajstić information content (AvgIpc) is 2.43. The maximum absolute atomic E-state index is 4.70. The topological polar surface area (TPSA) is 28.2 Å². The van der Waals surface area contributed by atoms with Crippen molar-refractivity contribution in [3.05, 3.63) is 23.9 Å². The Kier molecular flexibility index (Phi) is 7.73. The Bertz CT molecular complexity index is 374. The van der Waals surface area contributed by atoms with E-state index in [0.717, 1.165) is 31.9 Å². The van der Waals surface area contributed by atoms with E-state index in [-0.39, 0.29) is 0 Å². The molecule has 0 amide bonds. The molecule has 0 fully saturated rings. The van der Waals surface area contributed by atoms with Gasteiger partial charge in [-0.15, -0.1) is 0 Å². The first-order valence-electron chi connectivity index (χ1n) is 8.38. The van der Waals surface area contributed by atoms with Crippen molar-refractivity contribution in [2.75, 3.05) is 24.5 Å². The van der Waals surface area contributed by atoms with E-state index in [0.29, 0.717) is 17.9 Å². The summed E-state index contributed by atoms with van der Waals surface area (Å²) in [4.78, 5) is 7.11. The van der Waals surface area contributed by atoms with E-state index in [1.807, 2.05) is 6.20 Å². The van der Waals surface area contributed by atoms with E-state index in [4.69, 9.17) is 4.98 Å². The Balaban J connectivity index is 2.76. The molecule has 0 bridgehead atoms. The molecule has 21 heavy (non-hydrogen) atoms. The quantitative estimate of drug-likeness (QED) is 0.737. The van der Waals surface area contributed by atoms with Crippen LogP contribution in [0, 0.1) is 11.8 Å². The molecule has 0 saturated carbocycles. The third-order valence-electron chi connectivity index (χ3n) is 3.47. The van der Waals surface area contributed by atoms with Gasteiger partial charge in [-0.25, -0.2) is 4.98 Å². The summed E-state index contributed by atoms with van der Waals surface area (Å²) in [5.74, 6) is 2.40. The van der Waals surface area contributed by atoms with Crippen molar-refractivity contribution in [3.63, 3.8) is 0 Å². The van der Waals surface area contributed by atoms with Gasteiger partial charge >= 0.3 is 0 Å². The third-order valence-corrected chi connectivity index (χ3v) is 3.47. The van der Waals surface area contributed by atoms with Crippen LogP contribution in [0.5, 0.6) is 0 Å². The maximum atomic E-state index is 4.70. The van der Waals surface area contributed by atoms with Crippen molar-refractivity contribution in [2.45, 2.75) is 54.0 Å². The molecule has 0 radical (unpaired) electrons. The smallest absolute Gasteiger partial charge is 0.128 e. The first-order valence-corrected chi connectivity index (χ1v) is 8.38. The predicted molar refractivity (Wildman–Crippen MR) is 92.8 cm³/mol. The SMILES string of the molecule is CCCNC(C)c1ccc(N(CC(C)C)CC(C)C)nc1. The van der Waals surface area contributed by atoms with Crippen LogP contribution in [-0.2, 0) is 0 Å². The van der Waals surface area contributed by atoms with Crippen LogP contribution in [0.4, 0.5) is 5.82 Å². The fraction of sp³-hybridized carbons (Fsp3) is 0.722. The van der Waals surface area contributed by atoms with Gasteiger partial charge in [-0.2, -0.15) is 0 Å². The summed E-state index contributed by atoms with van der Waals surface area (Å²) < 4.78 is 0. The van der Waals surface area contributed by atoms with E-state index in [2.05, 4.69) is 63.9 Å². The number of rotatable bonds is 9. The van der Waals surface area contributed by atoms with Gasteiger partial charge in [0.25, 0.3) is 0 Å². The van der Waals surface area contributed by atoms with E-state index >= 15 is 0 Å². The molecular formula is C18H33N3. The monoisotopic (exact) mass is 291 g/mol. The van der Waals surface area contributed by atoms with Crippen LogP contribution in [0.15, 0.2) is 18.3 Å². The molecule has 1 aromatic heterocycles. The van der Waals surface area contributed by atoms with Gasteiger partial charge in [-0.1, -0.05) is 40.7 Å². The number of pyridine rings is 1. The van der Waals surface area contributed by atoms with Crippen molar-refractivity contribution in [1.29, 1.82) is 0 Å². The lowest BCUT2D eigenvalue weighted by Gasteiger charge is -2.27. The summed E-state index contributed by atoms with van der Waals surface area (Å²) in [6, 6.07) is 4.75. The molecule has 0 spiro atoms. The molecule has 3 nitrogen and oxygen atoms in total. The lowest BCUT2D eigenvalue weighted by Crippen LogP contribution is -2.32. The highest BCUT2D eigenvalue weighted by molar-refractivity contribution is 5.40. The van der Waals surface area contributed by atoms with E-state index in [1.165, 1.54) is 5.56 Å². The van der Waals surface area contributed by atoms with Crippen LogP contribution in [-0.4, -0.2) is 24.6 Å². The van der Waals surface area contributed by atoms with Crippen molar-refractivity contribution in [3.8, 4) is 0 Å². The second kappa shape index (κ2) is 9.04. The van der Waals surface area contributed by atoms with E-state index in [9.17, 15) is 0 Å². The molecule has 120 valence electrons. The minimum Gasteiger partial charge on any atom is -0.356 e. The number of nitrogens with one attached hydrogen (secondary N) is 1. The molecule has 0 aliphatic heterocycles. The Hall–Kier alpha value is -1.09. The molecule has 1 N–H and O–H groups in total. The fourth-order valence-corrected chi connectivity index (χ4v) is 2.46. The minimum atomic E-state index is 0.371. The van der Waals surface area contributed by atoms with Crippen molar-refractivity contribution >= 4 is 5.82 Å². The summed E-state index contributed by atoms with van der Waals surface area (Å²) >= 11 is 0.